The summed E-state index contributed by atoms with van der Waals surface area (Å²) < 4.78 is 12.7. The van der Waals surface area contributed by atoms with Gasteiger partial charge in [0.05, 0.1) is 24.6 Å². The molecule has 0 atom stereocenters. The zero-order chi connectivity index (χ0) is 14.4. The SMILES string of the molecule is CCOC(Cn1nc(-c2ccnnc2)cc1N)OCC. The molecule has 2 heterocycles. The molecule has 7 heteroatoms. The zero-order valence-electron chi connectivity index (χ0n) is 11.7. The Morgan fingerprint density at radius 1 is 1.25 bits per heavy atom. The van der Waals surface area contributed by atoms with Crippen molar-refractivity contribution in [2.45, 2.75) is 26.7 Å². The summed E-state index contributed by atoms with van der Waals surface area (Å²) in [5.74, 6) is 0.557. The number of rotatable bonds is 7. The minimum absolute atomic E-state index is 0.351. The van der Waals surface area contributed by atoms with Gasteiger partial charge < -0.3 is 15.2 Å². The molecular weight excluding hydrogens is 258 g/mol. The van der Waals surface area contributed by atoms with Crippen molar-refractivity contribution in [2.75, 3.05) is 18.9 Å². The summed E-state index contributed by atoms with van der Waals surface area (Å²) >= 11 is 0. The third-order valence-electron chi connectivity index (χ3n) is 2.72. The summed E-state index contributed by atoms with van der Waals surface area (Å²) in [5.41, 5.74) is 7.60. The van der Waals surface area contributed by atoms with Gasteiger partial charge in [-0.15, -0.1) is 0 Å². The lowest BCUT2D eigenvalue weighted by Crippen LogP contribution is -2.25. The maximum atomic E-state index is 5.97. The van der Waals surface area contributed by atoms with E-state index in [-0.39, 0.29) is 6.29 Å². The molecular formula is C13H19N5O2. The van der Waals surface area contributed by atoms with Crippen molar-refractivity contribution in [1.29, 1.82) is 0 Å². The molecule has 0 radical (unpaired) electrons. The molecule has 0 aromatic carbocycles. The quantitative estimate of drug-likeness (QED) is 0.768. The molecule has 2 N–H and O–H groups in total. The van der Waals surface area contributed by atoms with Gasteiger partial charge in [0.25, 0.3) is 0 Å². The van der Waals surface area contributed by atoms with Crippen LogP contribution in [-0.2, 0) is 16.0 Å². The van der Waals surface area contributed by atoms with Crippen LogP contribution in [0.15, 0.2) is 24.5 Å². The Bertz CT molecular complexity index is 523. The van der Waals surface area contributed by atoms with Crippen LogP contribution < -0.4 is 5.73 Å². The number of nitrogens with zero attached hydrogens (tertiary/aromatic N) is 4. The molecule has 0 spiro atoms. The standard InChI is InChI=1S/C13H19N5O2/c1-3-19-13(20-4-2)9-18-12(14)7-11(17-18)10-5-6-15-16-8-10/h5-8,13H,3-4,9,14H2,1-2H3. The summed E-state index contributed by atoms with van der Waals surface area (Å²) in [6, 6.07) is 3.63. The number of hydrogen-bond acceptors (Lipinski definition) is 6. The second-order valence-corrected chi connectivity index (χ2v) is 4.11. The zero-order valence-corrected chi connectivity index (χ0v) is 11.7. The first-order chi connectivity index (χ1) is 9.74. The Kier molecular flexibility index (Phi) is 5.03. The molecule has 108 valence electrons. The van der Waals surface area contributed by atoms with Gasteiger partial charge >= 0.3 is 0 Å². The van der Waals surface area contributed by atoms with Crippen LogP contribution in [0.5, 0.6) is 0 Å². The largest absolute Gasteiger partial charge is 0.384 e. The average Bonchev–Trinajstić information content (AvgIpc) is 2.82. The number of anilines is 1. The molecule has 0 unspecified atom stereocenters. The van der Waals surface area contributed by atoms with Crippen LogP contribution in [0.2, 0.25) is 0 Å². The summed E-state index contributed by atoms with van der Waals surface area (Å²) in [6.45, 7) is 5.45. The molecule has 0 fully saturated rings. The molecule has 20 heavy (non-hydrogen) atoms. The van der Waals surface area contributed by atoms with E-state index < -0.39 is 0 Å². The average molecular weight is 277 g/mol. The van der Waals surface area contributed by atoms with Gasteiger partial charge in [-0.1, -0.05) is 0 Å². The molecule has 0 saturated carbocycles. The van der Waals surface area contributed by atoms with Crippen LogP contribution in [0, 0.1) is 0 Å². The Hall–Kier alpha value is -1.99. The van der Waals surface area contributed by atoms with E-state index in [0.717, 1.165) is 11.3 Å². The van der Waals surface area contributed by atoms with E-state index >= 15 is 0 Å². The third kappa shape index (κ3) is 3.52. The molecule has 0 amide bonds. The molecule has 7 nitrogen and oxygen atoms in total. The fourth-order valence-corrected chi connectivity index (χ4v) is 1.83. The fraction of sp³-hybridized carbons (Fsp3) is 0.462. The fourth-order valence-electron chi connectivity index (χ4n) is 1.83. The lowest BCUT2D eigenvalue weighted by Gasteiger charge is -2.17. The molecule has 0 saturated heterocycles. The Morgan fingerprint density at radius 3 is 2.60 bits per heavy atom. The Morgan fingerprint density at radius 2 is 2.00 bits per heavy atom. The molecule has 2 aromatic rings. The van der Waals surface area contributed by atoms with Crippen LogP contribution in [0.4, 0.5) is 5.82 Å². The number of ether oxygens (including phenoxy) is 2. The topological polar surface area (TPSA) is 88.1 Å². The van der Waals surface area contributed by atoms with Crippen LogP contribution in [-0.4, -0.2) is 39.5 Å². The van der Waals surface area contributed by atoms with Crippen molar-refractivity contribution in [3.05, 3.63) is 24.5 Å². The van der Waals surface area contributed by atoms with Gasteiger partial charge in [0.2, 0.25) is 0 Å². The normalized spacial score (nSPS) is 11.2. The van der Waals surface area contributed by atoms with Crippen molar-refractivity contribution < 1.29 is 9.47 Å². The van der Waals surface area contributed by atoms with E-state index in [2.05, 4.69) is 15.3 Å². The number of nitrogen functional groups attached to an aromatic ring is 1. The van der Waals surface area contributed by atoms with Crippen molar-refractivity contribution >= 4 is 5.82 Å². The summed E-state index contributed by atoms with van der Waals surface area (Å²) in [4.78, 5) is 0. The van der Waals surface area contributed by atoms with Crippen molar-refractivity contribution in [2.24, 2.45) is 0 Å². The van der Waals surface area contributed by atoms with Gasteiger partial charge in [0.1, 0.15) is 5.82 Å². The van der Waals surface area contributed by atoms with E-state index in [9.17, 15) is 0 Å². The highest BCUT2D eigenvalue weighted by Crippen LogP contribution is 2.19. The highest BCUT2D eigenvalue weighted by Gasteiger charge is 2.13. The van der Waals surface area contributed by atoms with Crippen LogP contribution in [0.25, 0.3) is 11.3 Å². The van der Waals surface area contributed by atoms with Crippen LogP contribution >= 0.6 is 0 Å². The maximum Gasteiger partial charge on any atom is 0.177 e. The molecule has 2 aromatic heterocycles. The lowest BCUT2D eigenvalue weighted by atomic mass is 10.2. The van der Waals surface area contributed by atoms with Crippen LogP contribution in [0.1, 0.15) is 13.8 Å². The van der Waals surface area contributed by atoms with Gasteiger partial charge in [-0.3, -0.25) is 0 Å². The number of aromatic nitrogens is 4. The monoisotopic (exact) mass is 277 g/mol. The van der Waals surface area contributed by atoms with E-state index in [4.69, 9.17) is 15.2 Å². The summed E-state index contributed by atoms with van der Waals surface area (Å²) in [5, 5.41) is 12.0. The second kappa shape index (κ2) is 6.97. The number of nitrogens with two attached hydrogens (primary N) is 1. The molecule has 0 aliphatic heterocycles. The second-order valence-electron chi connectivity index (χ2n) is 4.11. The van der Waals surface area contributed by atoms with Crippen molar-refractivity contribution in [3.8, 4) is 11.3 Å². The third-order valence-corrected chi connectivity index (χ3v) is 2.72. The van der Waals surface area contributed by atoms with E-state index in [1.807, 2.05) is 19.9 Å². The summed E-state index contributed by atoms with van der Waals surface area (Å²) in [7, 11) is 0. The smallest absolute Gasteiger partial charge is 0.177 e. The van der Waals surface area contributed by atoms with Crippen molar-refractivity contribution in [1.82, 2.24) is 20.0 Å². The first kappa shape index (κ1) is 14.4. The summed E-state index contributed by atoms with van der Waals surface area (Å²) in [6.07, 6.45) is 2.92. The molecule has 0 bridgehead atoms. The maximum absolute atomic E-state index is 5.97. The minimum atomic E-state index is -0.351. The van der Waals surface area contributed by atoms with Crippen molar-refractivity contribution in [3.63, 3.8) is 0 Å². The predicted molar refractivity (Wildman–Crippen MR) is 74.7 cm³/mol. The Balaban J connectivity index is 2.15. The first-order valence-electron chi connectivity index (χ1n) is 6.58. The van der Waals surface area contributed by atoms with E-state index in [1.165, 1.54) is 0 Å². The first-order valence-corrected chi connectivity index (χ1v) is 6.58. The van der Waals surface area contributed by atoms with Gasteiger partial charge in [-0.25, -0.2) is 4.68 Å². The van der Waals surface area contributed by atoms with E-state index in [0.29, 0.717) is 25.6 Å². The predicted octanol–water partition coefficient (Wildman–Crippen LogP) is 1.32. The molecule has 0 aliphatic rings. The number of hydrogen-bond donors (Lipinski definition) is 1. The van der Waals surface area contributed by atoms with Crippen LogP contribution in [0.3, 0.4) is 0 Å². The van der Waals surface area contributed by atoms with Gasteiger partial charge in [-0.05, 0) is 19.9 Å². The van der Waals surface area contributed by atoms with Gasteiger partial charge in [0, 0.05) is 24.8 Å². The van der Waals surface area contributed by atoms with E-state index in [1.54, 1.807) is 23.1 Å². The van der Waals surface area contributed by atoms with Gasteiger partial charge in [-0.2, -0.15) is 15.3 Å². The highest BCUT2D eigenvalue weighted by molar-refractivity contribution is 5.60. The molecule has 2 rings (SSSR count). The minimum Gasteiger partial charge on any atom is -0.384 e. The highest BCUT2D eigenvalue weighted by atomic mass is 16.7. The Labute approximate surface area is 117 Å². The van der Waals surface area contributed by atoms with Gasteiger partial charge in [0.15, 0.2) is 6.29 Å². The molecule has 0 aliphatic carbocycles. The lowest BCUT2D eigenvalue weighted by molar-refractivity contribution is -0.144.